The fraction of sp³-hybridized carbons (Fsp3) is 0.143. The standard InChI is InChI=1S/C7H7ClN2O2/c1-12-6-4-2-3-5(9-6)10-7(8)11/h2-4H,1H3,(H,9,10,11). The molecule has 12 heavy (non-hydrogen) atoms. The van der Waals surface area contributed by atoms with Crippen LogP contribution in [0, 0.1) is 0 Å². The Hall–Kier alpha value is -1.29. The number of amides is 1. The SMILES string of the molecule is COc1cccc(NC(=O)Cl)n1. The lowest BCUT2D eigenvalue weighted by molar-refractivity contribution is 0.269. The van der Waals surface area contributed by atoms with Crippen LogP contribution in [0.15, 0.2) is 18.2 Å². The van der Waals surface area contributed by atoms with E-state index in [0.717, 1.165) is 0 Å². The second-order valence-corrected chi connectivity index (χ2v) is 2.31. The molecule has 1 amide bonds. The first-order valence-electron chi connectivity index (χ1n) is 3.20. The summed E-state index contributed by atoms with van der Waals surface area (Å²) in [5.74, 6) is 0.798. The first-order chi connectivity index (χ1) is 5.72. The molecular formula is C7H7ClN2O2. The maximum absolute atomic E-state index is 10.4. The maximum Gasteiger partial charge on any atom is 0.319 e. The largest absolute Gasteiger partial charge is 0.481 e. The lowest BCUT2D eigenvalue weighted by Crippen LogP contribution is -2.03. The first kappa shape index (κ1) is 8.80. The minimum atomic E-state index is -0.671. The van der Waals surface area contributed by atoms with Crippen molar-refractivity contribution in [2.45, 2.75) is 0 Å². The number of pyridine rings is 1. The number of halogens is 1. The van der Waals surface area contributed by atoms with Gasteiger partial charge >= 0.3 is 5.37 Å². The molecule has 1 aromatic rings. The molecule has 0 unspecified atom stereocenters. The fourth-order valence-electron chi connectivity index (χ4n) is 0.699. The third-order valence-corrected chi connectivity index (χ3v) is 1.25. The Morgan fingerprint density at radius 3 is 3.00 bits per heavy atom. The Bertz CT molecular complexity index is 290. The minimum Gasteiger partial charge on any atom is -0.481 e. The summed E-state index contributed by atoms with van der Waals surface area (Å²) in [4.78, 5) is 14.3. The molecule has 0 spiro atoms. The molecule has 0 aliphatic heterocycles. The number of rotatable bonds is 2. The molecule has 0 aromatic carbocycles. The van der Waals surface area contributed by atoms with Gasteiger partial charge in [-0.05, 0) is 17.7 Å². The van der Waals surface area contributed by atoms with Gasteiger partial charge in [-0.3, -0.25) is 10.1 Å². The summed E-state index contributed by atoms with van der Waals surface area (Å²) in [6.45, 7) is 0. The van der Waals surface area contributed by atoms with Gasteiger partial charge in [-0.25, -0.2) is 0 Å². The van der Waals surface area contributed by atoms with Gasteiger partial charge in [0.15, 0.2) is 0 Å². The number of aromatic nitrogens is 1. The number of carbonyl (C=O) groups excluding carboxylic acids is 1. The third kappa shape index (κ3) is 2.39. The molecule has 1 aromatic heterocycles. The van der Waals surface area contributed by atoms with E-state index < -0.39 is 5.37 Å². The highest BCUT2D eigenvalue weighted by Crippen LogP contribution is 2.10. The number of nitrogens with zero attached hydrogens (tertiary/aromatic N) is 1. The lowest BCUT2D eigenvalue weighted by atomic mass is 10.4. The number of nitrogens with one attached hydrogen (secondary N) is 1. The van der Waals surface area contributed by atoms with Crippen molar-refractivity contribution in [1.82, 2.24) is 4.98 Å². The number of methoxy groups -OCH3 is 1. The van der Waals surface area contributed by atoms with Crippen molar-refractivity contribution < 1.29 is 9.53 Å². The zero-order chi connectivity index (χ0) is 8.97. The van der Waals surface area contributed by atoms with Gasteiger partial charge in [0.2, 0.25) is 5.88 Å². The average Bonchev–Trinajstić information content (AvgIpc) is 2.03. The number of hydrogen-bond donors (Lipinski definition) is 1. The van der Waals surface area contributed by atoms with E-state index >= 15 is 0 Å². The van der Waals surface area contributed by atoms with Crippen LogP contribution in [0.1, 0.15) is 0 Å². The fourth-order valence-corrected chi connectivity index (χ4v) is 0.796. The molecule has 4 nitrogen and oxygen atoms in total. The number of hydrogen-bond acceptors (Lipinski definition) is 3. The van der Waals surface area contributed by atoms with Gasteiger partial charge in [0.05, 0.1) is 7.11 Å². The maximum atomic E-state index is 10.4. The Morgan fingerprint density at radius 1 is 1.67 bits per heavy atom. The molecule has 0 aliphatic carbocycles. The van der Waals surface area contributed by atoms with Gasteiger partial charge < -0.3 is 4.74 Å². The van der Waals surface area contributed by atoms with E-state index in [2.05, 4.69) is 10.3 Å². The molecule has 0 saturated carbocycles. The summed E-state index contributed by atoms with van der Waals surface area (Å²) in [5.41, 5.74) is 0. The molecule has 0 saturated heterocycles. The van der Waals surface area contributed by atoms with Crippen molar-refractivity contribution in [3.8, 4) is 5.88 Å². The molecular weight excluding hydrogens is 180 g/mol. The number of ether oxygens (including phenoxy) is 1. The summed E-state index contributed by atoms with van der Waals surface area (Å²) >= 11 is 5.08. The highest BCUT2D eigenvalue weighted by molar-refractivity contribution is 6.65. The second-order valence-electron chi connectivity index (χ2n) is 1.96. The van der Waals surface area contributed by atoms with Crippen molar-refractivity contribution >= 4 is 22.8 Å². The van der Waals surface area contributed by atoms with E-state index in [4.69, 9.17) is 16.3 Å². The van der Waals surface area contributed by atoms with Crippen LogP contribution in [0.5, 0.6) is 5.88 Å². The molecule has 0 radical (unpaired) electrons. The van der Waals surface area contributed by atoms with Gasteiger partial charge in [-0.2, -0.15) is 4.98 Å². The van der Waals surface area contributed by atoms with Gasteiger partial charge in [-0.15, -0.1) is 0 Å². The monoisotopic (exact) mass is 186 g/mol. The van der Waals surface area contributed by atoms with Gasteiger partial charge in [0.25, 0.3) is 0 Å². The summed E-state index contributed by atoms with van der Waals surface area (Å²) in [6, 6.07) is 4.99. The Balaban J connectivity index is 2.79. The predicted octanol–water partition coefficient (Wildman–Crippen LogP) is 1.86. The summed E-state index contributed by atoms with van der Waals surface area (Å²) in [5, 5.41) is 1.64. The Labute approximate surface area is 74.5 Å². The summed E-state index contributed by atoms with van der Waals surface area (Å²) in [6.07, 6.45) is 0. The van der Waals surface area contributed by atoms with Crippen LogP contribution in [-0.4, -0.2) is 17.5 Å². The Kier molecular flexibility index (Phi) is 2.88. The quantitative estimate of drug-likeness (QED) is 0.567. The van der Waals surface area contributed by atoms with Crippen LogP contribution in [0.4, 0.5) is 10.6 Å². The van der Waals surface area contributed by atoms with E-state index in [1.54, 1.807) is 18.2 Å². The van der Waals surface area contributed by atoms with Crippen molar-refractivity contribution in [3.63, 3.8) is 0 Å². The molecule has 1 N–H and O–H groups in total. The Morgan fingerprint density at radius 2 is 2.42 bits per heavy atom. The normalized spacial score (nSPS) is 9.17. The molecule has 64 valence electrons. The van der Waals surface area contributed by atoms with E-state index in [0.29, 0.717) is 11.7 Å². The molecule has 1 rings (SSSR count). The van der Waals surface area contributed by atoms with E-state index in [1.165, 1.54) is 7.11 Å². The molecule has 1 heterocycles. The molecule has 5 heteroatoms. The van der Waals surface area contributed by atoms with Crippen molar-refractivity contribution in [1.29, 1.82) is 0 Å². The van der Waals surface area contributed by atoms with Gasteiger partial charge in [-0.1, -0.05) is 6.07 Å². The van der Waals surface area contributed by atoms with Crippen LogP contribution in [0.3, 0.4) is 0 Å². The van der Waals surface area contributed by atoms with Crippen LogP contribution in [0.25, 0.3) is 0 Å². The molecule has 0 aliphatic rings. The highest BCUT2D eigenvalue weighted by Gasteiger charge is 1.99. The zero-order valence-electron chi connectivity index (χ0n) is 6.37. The first-order valence-corrected chi connectivity index (χ1v) is 3.57. The third-order valence-electron chi connectivity index (χ3n) is 1.16. The average molecular weight is 187 g/mol. The van der Waals surface area contributed by atoms with Crippen LogP contribution in [-0.2, 0) is 0 Å². The van der Waals surface area contributed by atoms with Gasteiger partial charge in [0.1, 0.15) is 5.82 Å². The van der Waals surface area contributed by atoms with Crippen LogP contribution >= 0.6 is 11.6 Å². The molecule has 0 fully saturated rings. The lowest BCUT2D eigenvalue weighted by Gasteiger charge is -2.01. The zero-order valence-corrected chi connectivity index (χ0v) is 7.13. The van der Waals surface area contributed by atoms with Crippen LogP contribution < -0.4 is 10.1 Å². The highest BCUT2D eigenvalue weighted by atomic mass is 35.5. The summed E-state index contributed by atoms with van der Waals surface area (Å²) < 4.78 is 4.83. The van der Waals surface area contributed by atoms with Crippen molar-refractivity contribution in [2.75, 3.05) is 12.4 Å². The van der Waals surface area contributed by atoms with E-state index in [-0.39, 0.29) is 0 Å². The molecule has 0 bridgehead atoms. The molecule has 0 atom stereocenters. The number of anilines is 1. The van der Waals surface area contributed by atoms with E-state index in [9.17, 15) is 4.79 Å². The van der Waals surface area contributed by atoms with Crippen molar-refractivity contribution in [2.24, 2.45) is 0 Å². The smallest absolute Gasteiger partial charge is 0.319 e. The summed E-state index contributed by atoms with van der Waals surface area (Å²) in [7, 11) is 1.49. The topological polar surface area (TPSA) is 51.2 Å². The minimum absolute atomic E-state index is 0.370. The van der Waals surface area contributed by atoms with E-state index in [1.807, 2.05) is 0 Å². The van der Waals surface area contributed by atoms with Crippen LogP contribution in [0.2, 0.25) is 0 Å². The van der Waals surface area contributed by atoms with Crippen molar-refractivity contribution in [3.05, 3.63) is 18.2 Å². The predicted molar refractivity (Wildman–Crippen MR) is 45.7 cm³/mol. The second kappa shape index (κ2) is 3.92. The number of carbonyl (C=O) groups is 1. The van der Waals surface area contributed by atoms with Gasteiger partial charge in [0, 0.05) is 6.07 Å².